The van der Waals surface area contributed by atoms with Gasteiger partial charge >= 0.3 is 0 Å². The second-order valence-electron chi connectivity index (χ2n) is 3.98. The second kappa shape index (κ2) is 6.29. The lowest BCUT2D eigenvalue weighted by Crippen LogP contribution is -2.05. The minimum absolute atomic E-state index is 0.296. The summed E-state index contributed by atoms with van der Waals surface area (Å²) in [5.74, 6) is 0. The molecule has 1 heterocycles. The Morgan fingerprint density at radius 1 is 1.00 bits per heavy atom. The first-order chi connectivity index (χ1) is 8.97. The molecule has 1 atom stereocenters. The molecule has 2 nitrogen and oxygen atoms in total. The van der Waals surface area contributed by atoms with Crippen LogP contribution in [0, 0.1) is 0 Å². The Morgan fingerprint density at radius 3 is 2.32 bits per heavy atom. The molecule has 2 rings (SSSR count). The highest BCUT2D eigenvalue weighted by Crippen LogP contribution is 2.29. The van der Waals surface area contributed by atoms with Crippen LogP contribution >= 0.6 is 46.4 Å². The van der Waals surface area contributed by atoms with E-state index in [1.54, 1.807) is 18.2 Å². The number of benzene rings is 1. The minimum Gasteiger partial charge on any atom is -0.386 e. The van der Waals surface area contributed by atoms with Gasteiger partial charge in [-0.15, -0.1) is 0 Å². The molecule has 0 saturated carbocycles. The summed E-state index contributed by atoms with van der Waals surface area (Å²) in [5, 5.41) is 11.9. The molecular weight excluding hydrogens is 328 g/mol. The molecule has 0 spiro atoms. The van der Waals surface area contributed by atoms with Gasteiger partial charge < -0.3 is 5.11 Å². The van der Waals surface area contributed by atoms with Gasteiger partial charge in [0.05, 0.1) is 15.7 Å². The van der Waals surface area contributed by atoms with Crippen molar-refractivity contribution in [2.75, 3.05) is 0 Å². The molecular formula is C13H9Cl4NO. The quantitative estimate of drug-likeness (QED) is 0.858. The van der Waals surface area contributed by atoms with Gasteiger partial charge in [0.15, 0.2) is 0 Å². The van der Waals surface area contributed by atoms with Crippen LogP contribution in [0.15, 0.2) is 30.5 Å². The third-order valence-corrected chi connectivity index (χ3v) is 3.68. The average Bonchev–Trinajstić information content (AvgIpc) is 2.32. The summed E-state index contributed by atoms with van der Waals surface area (Å²) in [6.07, 6.45) is 0.878. The van der Waals surface area contributed by atoms with Crippen molar-refractivity contribution in [1.82, 2.24) is 4.98 Å². The zero-order valence-corrected chi connectivity index (χ0v) is 12.6. The molecule has 1 aromatic carbocycles. The molecule has 0 radical (unpaired) electrons. The van der Waals surface area contributed by atoms with Gasteiger partial charge in [0.1, 0.15) is 6.10 Å². The molecule has 6 heteroatoms. The van der Waals surface area contributed by atoms with Crippen molar-refractivity contribution in [3.63, 3.8) is 0 Å². The van der Waals surface area contributed by atoms with Gasteiger partial charge in [-0.2, -0.15) is 0 Å². The summed E-state index contributed by atoms with van der Waals surface area (Å²) in [4.78, 5) is 4.04. The van der Waals surface area contributed by atoms with Gasteiger partial charge in [0.2, 0.25) is 0 Å². The van der Waals surface area contributed by atoms with Gasteiger partial charge in [-0.1, -0.05) is 52.5 Å². The van der Waals surface area contributed by atoms with Gasteiger partial charge in [-0.3, -0.25) is 4.98 Å². The monoisotopic (exact) mass is 335 g/mol. The van der Waals surface area contributed by atoms with E-state index in [1.807, 2.05) is 0 Å². The molecule has 0 amide bonds. The third-order valence-electron chi connectivity index (χ3n) is 2.58. The van der Waals surface area contributed by atoms with Crippen LogP contribution in [0.4, 0.5) is 0 Å². The van der Waals surface area contributed by atoms with Crippen molar-refractivity contribution in [1.29, 1.82) is 0 Å². The molecule has 0 aliphatic heterocycles. The molecule has 0 aliphatic carbocycles. The molecule has 100 valence electrons. The van der Waals surface area contributed by atoms with Crippen LogP contribution in [-0.4, -0.2) is 10.1 Å². The maximum absolute atomic E-state index is 10.2. The van der Waals surface area contributed by atoms with E-state index >= 15 is 0 Å². The lowest BCUT2D eigenvalue weighted by atomic mass is 10.1. The van der Waals surface area contributed by atoms with E-state index in [0.29, 0.717) is 32.2 Å². The van der Waals surface area contributed by atoms with E-state index in [0.717, 1.165) is 5.56 Å². The number of rotatable bonds is 3. The molecule has 2 aromatic rings. The summed E-state index contributed by atoms with van der Waals surface area (Å²) < 4.78 is 0. The summed E-state index contributed by atoms with van der Waals surface area (Å²) >= 11 is 23.6. The van der Waals surface area contributed by atoms with Gasteiger partial charge in [-0.05, 0) is 23.8 Å². The van der Waals surface area contributed by atoms with Crippen LogP contribution in [0.25, 0.3) is 0 Å². The van der Waals surface area contributed by atoms with Crippen LogP contribution in [0.2, 0.25) is 20.1 Å². The van der Waals surface area contributed by atoms with E-state index in [1.165, 1.54) is 12.3 Å². The zero-order chi connectivity index (χ0) is 14.0. The predicted octanol–water partition coefficient (Wildman–Crippen LogP) is 4.97. The van der Waals surface area contributed by atoms with E-state index in [-0.39, 0.29) is 0 Å². The maximum atomic E-state index is 10.2. The lowest BCUT2D eigenvalue weighted by Gasteiger charge is -2.13. The Balaban J connectivity index is 2.23. The fourth-order valence-corrected chi connectivity index (χ4v) is 2.65. The van der Waals surface area contributed by atoms with E-state index in [9.17, 15) is 5.11 Å². The Hall–Kier alpha value is -0.510. The van der Waals surface area contributed by atoms with Crippen molar-refractivity contribution in [2.45, 2.75) is 12.5 Å². The first-order valence-electron chi connectivity index (χ1n) is 5.40. The van der Waals surface area contributed by atoms with Crippen molar-refractivity contribution in [3.8, 4) is 0 Å². The van der Waals surface area contributed by atoms with Crippen LogP contribution in [0.1, 0.15) is 17.4 Å². The highest BCUT2D eigenvalue weighted by molar-refractivity contribution is 6.35. The Labute approximate surface area is 130 Å². The first-order valence-corrected chi connectivity index (χ1v) is 6.91. The van der Waals surface area contributed by atoms with Crippen molar-refractivity contribution < 1.29 is 5.11 Å². The lowest BCUT2D eigenvalue weighted by molar-refractivity contribution is 0.174. The highest BCUT2D eigenvalue weighted by atomic mass is 35.5. The van der Waals surface area contributed by atoms with E-state index in [4.69, 9.17) is 46.4 Å². The molecule has 0 bridgehead atoms. The number of aliphatic hydroxyl groups excluding tert-OH is 1. The molecule has 1 aromatic heterocycles. The Kier molecular flexibility index (Phi) is 4.93. The van der Waals surface area contributed by atoms with E-state index in [2.05, 4.69) is 4.98 Å². The number of aromatic nitrogens is 1. The minimum atomic E-state index is -0.858. The highest BCUT2D eigenvalue weighted by Gasteiger charge is 2.16. The molecule has 1 unspecified atom stereocenters. The largest absolute Gasteiger partial charge is 0.386 e. The molecule has 19 heavy (non-hydrogen) atoms. The standard InChI is InChI=1S/C13H9Cl4NO/c14-8-2-1-7(10(16)4-8)3-12(19)13-11(17)5-9(15)6-18-13/h1-2,4-6,12,19H,3H2. The fraction of sp³-hybridized carbons (Fsp3) is 0.154. The Bertz CT molecular complexity index is 603. The normalized spacial score (nSPS) is 12.5. The number of hydrogen-bond acceptors (Lipinski definition) is 2. The van der Waals surface area contributed by atoms with Crippen molar-refractivity contribution >= 4 is 46.4 Å². The molecule has 1 N–H and O–H groups in total. The van der Waals surface area contributed by atoms with Gasteiger partial charge in [0, 0.05) is 22.7 Å². The van der Waals surface area contributed by atoms with Crippen LogP contribution in [0.5, 0.6) is 0 Å². The van der Waals surface area contributed by atoms with Gasteiger partial charge in [0.25, 0.3) is 0 Å². The number of nitrogens with zero attached hydrogens (tertiary/aromatic N) is 1. The van der Waals surface area contributed by atoms with E-state index < -0.39 is 6.10 Å². The summed E-state index contributed by atoms with van der Waals surface area (Å²) in [6.45, 7) is 0. The summed E-state index contributed by atoms with van der Waals surface area (Å²) in [7, 11) is 0. The van der Waals surface area contributed by atoms with Crippen molar-refractivity contribution in [2.24, 2.45) is 0 Å². The van der Waals surface area contributed by atoms with Crippen molar-refractivity contribution in [3.05, 3.63) is 61.8 Å². The van der Waals surface area contributed by atoms with Crippen LogP contribution in [0.3, 0.4) is 0 Å². The third kappa shape index (κ3) is 3.74. The number of halogens is 4. The topological polar surface area (TPSA) is 33.1 Å². The first kappa shape index (κ1) is 14.9. The van der Waals surface area contributed by atoms with Crippen LogP contribution in [-0.2, 0) is 6.42 Å². The fourth-order valence-electron chi connectivity index (χ4n) is 1.66. The zero-order valence-electron chi connectivity index (χ0n) is 9.58. The second-order valence-corrected chi connectivity index (χ2v) is 5.66. The summed E-state index contributed by atoms with van der Waals surface area (Å²) in [5.41, 5.74) is 1.14. The smallest absolute Gasteiger partial charge is 0.102 e. The maximum Gasteiger partial charge on any atom is 0.102 e. The number of pyridine rings is 1. The Morgan fingerprint density at radius 2 is 1.68 bits per heavy atom. The average molecular weight is 337 g/mol. The summed E-state index contributed by atoms with van der Waals surface area (Å²) in [6, 6.07) is 6.64. The predicted molar refractivity (Wildman–Crippen MR) is 79.4 cm³/mol. The molecule has 0 fully saturated rings. The molecule has 0 aliphatic rings. The van der Waals surface area contributed by atoms with Gasteiger partial charge in [-0.25, -0.2) is 0 Å². The number of hydrogen-bond donors (Lipinski definition) is 1. The van der Waals surface area contributed by atoms with Crippen LogP contribution < -0.4 is 0 Å². The number of aliphatic hydroxyl groups is 1. The molecule has 0 saturated heterocycles. The SMILES string of the molecule is OC(Cc1ccc(Cl)cc1Cl)c1ncc(Cl)cc1Cl.